The van der Waals surface area contributed by atoms with Crippen molar-refractivity contribution in [3.05, 3.63) is 22.4 Å². The summed E-state index contributed by atoms with van der Waals surface area (Å²) in [4.78, 5) is 14.8. The molecule has 0 bridgehead atoms. The van der Waals surface area contributed by atoms with Crippen LogP contribution in [0, 0.1) is 5.41 Å². The summed E-state index contributed by atoms with van der Waals surface area (Å²) in [5.74, 6) is -0.745. The van der Waals surface area contributed by atoms with E-state index in [1.807, 2.05) is 18.5 Å². The Hall–Kier alpha value is -0.910. The molecule has 100 valence electrons. The molecule has 5 heteroatoms. The molecule has 1 aliphatic heterocycles. The minimum absolute atomic E-state index is 0.238. The van der Waals surface area contributed by atoms with Crippen molar-refractivity contribution in [1.82, 2.24) is 4.90 Å². The van der Waals surface area contributed by atoms with Crippen LogP contribution in [-0.4, -0.2) is 42.8 Å². The van der Waals surface area contributed by atoms with Crippen LogP contribution in [0.5, 0.6) is 0 Å². The zero-order chi connectivity index (χ0) is 13.2. The normalized spacial score (nSPS) is 25.5. The van der Waals surface area contributed by atoms with E-state index < -0.39 is 11.4 Å². The highest BCUT2D eigenvalue weighted by molar-refractivity contribution is 7.10. The van der Waals surface area contributed by atoms with Crippen molar-refractivity contribution in [1.29, 1.82) is 0 Å². The Morgan fingerprint density at radius 3 is 3.00 bits per heavy atom. The van der Waals surface area contributed by atoms with Gasteiger partial charge in [-0.2, -0.15) is 0 Å². The lowest BCUT2D eigenvalue weighted by Crippen LogP contribution is -2.43. The average Bonchev–Trinajstić information content (AvgIpc) is 2.99. The van der Waals surface area contributed by atoms with E-state index in [0.29, 0.717) is 26.2 Å². The number of carbonyl (C=O) groups is 1. The SMILES string of the molecule is CC(c1cccs1)N(C)CC1(C(=O)O)CCOC1. The topological polar surface area (TPSA) is 49.8 Å². The van der Waals surface area contributed by atoms with Crippen LogP contribution in [0.15, 0.2) is 17.5 Å². The van der Waals surface area contributed by atoms with Gasteiger partial charge in [0.2, 0.25) is 0 Å². The van der Waals surface area contributed by atoms with Crippen molar-refractivity contribution in [2.75, 3.05) is 26.8 Å². The van der Waals surface area contributed by atoms with Gasteiger partial charge in [0.15, 0.2) is 0 Å². The molecule has 0 aliphatic carbocycles. The Kier molecular flexibility index (Phi) is 4.04. The van der Waals surface area contributed by atoms with Gasteiger partial charge in [-0.05, 0) is 31.8 Å². The van der Waals surface area contributed by atoms with Crippen LogP contribution in [0.1, 0.15) is 24.3 Å². The van der Waals surface area contributed by atoms with E-state index >= 15 is 0 Å². The summed E-state index contributed by atoms with van der Waals surface area (Å²) >= 11 is 1.70. The predicted molar refractivity (Wildman–Crippen MR) is 70.9 cm³/mol. The largest absolute Gasteiger partial charge is 0.481 e. The van der Waals surface area contributed by atoms with Gasteiger partial charge < -0.3 is 9.84 Å². The molecule has 1 fully saturated rings. The molecule has 2 rings (SSSR count). The quantitative estimate of drug-likeness (QED) is 0.890. The van der Waals surface area contributed by atoms with Crippen LogP contribution >= 0.6 is 11.3 Å². The number of aliphatic carboxylic acids is 1. The van der Waals surface area contributed by atoms with Crippen molar-refractivity contribution in [3.8, 4) is 0 Å². The number of carboxylic acid groups (broad SMARTS) is 1. The van der Waals surface area contributed by atoms with Crippen molar-refractivity contribution >= 4 is 17.3 Å². The molecule has 2 atom stereocenters. The van der Waals surface area contributed by atoms with Crippen molar-refractivity contribution in [2.45, 2.75) is 19.4 Å². The van der Waals surface area contributed by atoms with E-state index in [1.54, 1.807) is 11.3 Å². The molecule has 0 amide bonds. The maximum Gasteiger partial charge on any atom is 0.313 e. The Bertz CT molecular complexity index is 398. The molecule has 0 aromatic carbocycles. The minimum atomic E-state index is -0.745. The molecule has 18 heavy (non-hydrogen) atoms. The highest BCUT2D eigenvalue weighted by atomic mass is 32.1. The van der Waals surface area contributed by atoms with Crippen LogP contribution < -0.4 is 0 Å². The molecule has 0 radical (unpaired) electrons. The smallest absolute Gasteiger partial charge is 0.313 e. The maximum atomic E-state index is 11.5. The second-order valence-corrected chi connectivity index (χ2v) is 5.97. The third-order valence-electron chi connectivity index (χ3n) is 3.73. The molecule has 1 saturated heterocycles. The molecule has 1 aromatic heterocycles. The molecule has 4 nitrogen and oxygen atoms in total. The van der Waals surface area contributed by atoms with Crippen molar-refractivity contribution in [2.24, 2.45) is 5.41 Å². The van der Waals surface area contributed by atoms with Crippen molar-refractivity contribution in [3.63, 3.8) is 0 Å². The van der Waals surface area contributed by atoms with Crippen molar-refractivity contribution < 1.29 is 14.6 Å². The van der Waals surface area contributed by atoms with Gasteiger partial charge in [-0.15, -0.1) is 11.3 Å². The lowest BCUT2D eigenvalue weighted by Gasteiger charge is -2.32. The summed E-state index contributed by atoms with van der Waals surface area (Å²) in [7, 11) is 1.98. The van der Waals surface area contributed by atoms with Gasteiger partial charge in [0.1, 0.15) is 5.41 Å². The lowest BCUT2D eigenvalue weighted by atomic mass is 9.86. The summed E-state index contributed by atoms with van der Waals surface area (Å²) in [5, 5.41) is 11.5. The van der Waals surface area contributed by atoms with Gasteiger partial charge in [0.05, 0.1) is 6.61 Å². The number of rotatable bonds is 5. The summed E-state index contributed by atoms with van der Waals surface area (Å²) in [6, 6.07) is 4.35. The number of ether oxygens (including phenoxy) is 1. The number of nitrogens with zero attached hydrogens (tertiary/aromatic N) is 1. The highest BCUT2D eigenvalue weighted by Crippen LogP contribution is 2.33. The summed E-state index contributed by atoms with van der Waals surface area (Å²) in [6.07, 6.45) is 0.601. The van der Waals surface area contributed by atoms with Gasteiger partial charge in [-0.3, -0.25) is 9.69 Å². The number of carboxylic acids is 1. The first-order chi connectivity index (χ1) is 8.55. The second-order valence-electron chi connectivity index (χ2n) is 4.99. The van der Waals surface area contributed by atoms with Crippen LogP contribution in [-0.2, 0) is 9.53 Å². The van der Waals surface area contributed by atoms with Gasteiger partial charge >= 0.3 is 5.97 Å². The van der Waals surface area contributed by atoms with E-state index in [1.165, 1.54) is 4.88 Å². The molecular formula is C13H19NO3S. The Morgan fingerprint density at radius 1 is 1.72 bits per heavy atom. The fraction of sp³-hybridized carbons (Fsp3) is 0.615. The minimum Gasteiger partial charge on any atom is -0.481 e. The third-order valence-corrected chi connectivity index (χ3v) is 4.77. The molecule has 0 saturated carbocycles. The first-order valence-electron chi connectivity index (χ1n) is 6.10. The van der Waals surface area contributed by atoms with Crippen LogP contribution in [0.3, 0.4) is 0 Å². The Morgan fingerprint density at radius 2 is 2.50 bits per heavy atom. The number of hydrogen-bond donors (Lipinski definition) is 1. The third kappa shape index (κ3) is 2.58. The van der Waals surface area contributed by atoms with Crippen LogP contribution in [0.2, 0.25) is 0 Å². The number of hydrogen-bond acceptors (Lipinski definition) is 4. The van der Waals surface area contributed by atoms with E-state index in [2.05, 4.69) is 17.9 Å². The summed E-state index contributed by atoms with van der Waals surface area (Å²) in [5.41, 5.74) is -0.736. The van der Waals surface area contributed by atoms with E-state index in [0.717, 1.165) is 0 Å². The van der Waals surface area contributed by atoms with E-state index in [9.17, 15) is 9.90 Å². The predicted octanol–water partition coefficient (Wildman–Crippen LogP) is 2.23. The van der Waals surface area contributed by atoms with Crippen LogP contribution in [0.25, 0.3) is 0 Å². The first kappa shape index (κ1) is 13.5. The highest BCUT2D eigenvalue weighted by Gasteiger charge is 2.43. The standard InChI is InChI=1S/C13H19NO3S/c1-10(11-4-3-7-18-11)14(2)8-13(12(15)16)5-6-17-9-13/h3-4,7,10H,5-6,8-9H2,1-2H3,(H,15,16). The fourth-order valence-electron chi connectivity index (χ4n) is 2.33. The molecular weight excluding hydrogens is 250 g/mol. The van der Waals surface area contributed by atoms with Gasteiger partial charge in [-0.1, -0.05) is 6.07 Å². The monoisotopic (exact) mass is 269 g/mol. The molecule has 2 heterocycles. The maximum absolute atomic E-state index is 11.5. The zero-order valence-corrected chi connectivity index (χ0v) is 11.6. The van der Waals surface area contributed by atoms with Crippen LogP contribution in [0.4, 0.5) is 0 Å². The molecule has 1 N–H and O–H groups in total. The summed E-state index contributed by atoms with van der Waals surface area (Å²) < 4.78 is 5.29. The molecule has 2 unspecified atom stereocenters. The second kappa shape index (κ2) is 5.38. The van der Waals surface area contributed by atoms with E-state index in [4.69, 9.17) is 4.74 Å². The fourth-order valence-corrected chi connectivity index (χ4v) is 3.18. The average molecular weight is 269 g/mol. The first-order valence-corrected chi connectivity index (χ1v) is 6.98. The number of thiophene rings is 1. The van der Waals surface area contributed by atoms with E-state index in [-0.39, 0.29) is 6.04 Å². The molecule has 1 aliphatic rings. The van der Waals surface area contributed by atoms with Gasteiger partial charge in [0.25, 0.3) is 0 Å². The Labute approximate surface area is 111 Å². The lowest BCUT2D eigenvalue weighted by molar-refractivity contribution is -0.150. The molecule has 1 aromatic rings. The van der Waals surface area contributed by atoms with Gasteiger partial charge in [-0.25, -0.2) is 0 Å². The molecule has 0 spiro atoms. The zero-order valence-electron chi connectivity index (χ0n) is 10.8. The Balaban J connectivity index is 2.05. The summed E-state index contributed by atoms with van der Waals surface area (Å²) in [6.45, 7) is 3.51. The van der Waals surface area contributed by atoms with Gasteiger partial charge in [0, 0.05) is 24.1 Å².